The van der Waals surface area contributed by atoms with E-state index in [1.54, 1.807) is 6.07 Å². The molecule has 3 rings (SSSR count). The van der Waals surface area contributed by atoms with Crippen LogP contribution in [0.2, 0.25) is 0 Å². The van der Waals surface area contributed by atoms with Gasteiger partial charge in [0, 0.05) is 18.2 Å². The van der Waals surface area contributed by atoms with Crippen LogP contribution < -0.4 is 0 Å². The molecule has 1 aliphatic rings. The van der Waals surface area contributed by atoms with Crippen LogP contribution in [-0.2, 0) is 12.0 Å². The van der Waals surface area contributed by atoms with E-state index in [4.69, 9.17) is 0 Å². The van der Waals surface area contributed by atoms with Crippen molar-refractivity contribution < 1.29 is 4.39 Å². The second-order valence-corrected chi connectivity index (χ2v) is 9.45. The molecule has 32 heavy (non-hydrogen) atoms. The molecule has 3 heteroatoms. The summed E-state index contributed by atoms with van der Waals surface area (Å²) in [5.41, 5.74) is 1.21. The molecule has 0 amide bonds. The summed E-state index contributed by atoms with van der Waals surface area (Å²) in [5, 5.41) is 10.5. The molecule has 0 aliphatic heterocycles. The topological polar surface area (TPSA) is 27.0 Å². The van der Waals surface area contributed by atoms with E-state index in [1.807, 2.05) is 12.1 Å². The average Bonchev–Trinajstić information content (AvgIpc) is 2.84. The molecule has 1 fully saturated rings. The first-order chi connectivity index (χ1) is 15.6. The maximum atomic E-state index is 15.0. The monoisotopic (exact) mass is 434 g/mol. The normalized spacial score (nSPS) is 17.6. The third-order valence-electron chi connectivity index (χ3n) is 7.45. The average molecular weight is 435 g/mol. The summed E-state index contributed by atoms with van der Waals surface area (Å²) in [7, 11) is 0. The highest BCUT2D eigenvalue weighted by Crippen LogP contribution is 2.45. The van der Waals surface area contributed by atoms with Gasteiger partial charge in [-0.1, -0.05) is 81.6 Å². The summed E-state index contributed by atoms with van der Waals surface area (Å²) in [5.74, 6) is 0.0202. The van der Waals surface area contributed by atoms with Crippen molar-refractivity contribution in [2.75, 3.05) is 6.54 Å². The third kappa shape index (κ3) is 5.78. The Kier molecular flexibility index (Phi) is 9.30. The van der Waals surface area contributed by atoms with E-state index in [0.717, 1.165) is 64.5 Å². The molecule has 2 aromatic rings. The van der Waals surface area contributed by atoms with Crippen molar-refractivity contribution in [3.63, 3.8) is 0 Å². The standard InChI is InChI=1S/C29H39FN2/c1-3-21-32(22-24-13-7-5-8-14-24)26(4-2)19-20-29(23-31,25-15-9-6-10-16-25)27-17-11-12-18-28(27)30/h5,7-8,11-14,17-18,25-26H,3-4,6,9-10,15-16,19-22H2,1-2H3. The lowest BCUT2D eigenvalue weighted by Crippen LogP contribution is -2.40. The quantitative estimate of drug-likeness (QED) is 0.363. The fourth-order valence-corrected chi connectivity index (χ4v) is 5.72. The van der Waals surface area contributed by atoms with Crippen LogP contribution in [0.4, 0.5) is 4.39 Å². The molecule has 2 atom stereocenters. The Bertz CT molecular complexity index is 853. The highest BCUT2D eigenvalue weighted by atomic mass is 19.1. The molecule has 0 spiro atoms. The van der Waals surface area contributed by atoms with Crippen LogP contribution in [0.1, 0.15) is 82.8 Å². The largest absolute Gasteiger partial charge is 0.296 e. The second-order valence-electron chi connectivity index (χ2n) is 9.45. The Balaban J connectivity index is 1.85. The van der Waals surface area contributed by atoms with Crippen molar-refractivity contribution in [1.29, 1.82) is 5.26 Å². The fraction of sp³-hybridized carbons (Fsp3) is 0.552. The second kappa shape index (κ2) is 12.2. The van der Waals surface area contributed by atoms with Gasteiger partial charge in [0.25, 0.3) is 0 Å². The number of hydrogen-bond donors (Lipinski definition) is 0. The van der Waals surface area contributed by atoms with Gasteiger partial charge in [-0.25, -0.2) is 4.39 Å². The Morgan fingerprint density at radius 3 is 2.34 bits per heavy atom. The third-order valence-corrected chi connectivity index (χ3v) is 7.45. The van der Waals surface area contributed by atoms with Crippen LogP contribution in [0.15, 0.2) is 54.6 Å². The van der Waals surface area contributed by atoms with Crippen molar-refractivity contribution in [3.8, 4) is 6.07 Å². The number of halogens is 1. The molecule has 0 radical (unpaired) electrons. The van der Waals surface area contributed by atoms with Gasteiger partial charge in [0.2, 0.25) is 0 Å². The molecule has 0 saturated heterocycles. The minimum atomic E-state index is -0.732. The molecular weight excluding hydrogens is 395 g/mol. The lowest BCUT2D eigenvalue weighted by molar-refractivity contribution is 0.150. The zero-order valence-corrected chi connectivity index (χ0v) is 19.9. The van der Waals surface area contributed by atoms with Crippen LogP contribution in [0.25, 0.3) is 0 Å². The van der Waals surface area contributed by atoms with Crippen LogP contribution >= 0.6 is 0 Å². The minimum Gasteiger partial charge on any atom is -0.296 e. The predicted octanol–water partition coefficient (Wildman–Crippen LogP) is 7.64. The Labute approximate surface area is 194 Å². The first-order valence-corrected chi connectivity index (χ1v) is 12.6. The van der Waals surface area contributed by atoms with Gasteiger partial charge in [-0.2, -0.15) is 5.26 Å². The van der Waals surface area contributed by atoms with Crippen molar-refractivity contribution in [1.82, 2.24) is 4.90 Å². The van der Waals surface area contributed by atoms with Gasteiger partial charge in [-0.05, 0) is 62.6 Å². The van der Waals surface area contributed by atoms with Gasteiger partial charge in [0.05, 0.1) is 11.5 Å². The van der Waals surface area contributed by atoms with Crippen molar-refractivity contribution in [3.05, 3.63) is 71.5 Å². The van der Waals surface area contributed by atoms with Crippen LogP contribution in [0, 0.1) is 23.1 Å². The first-order valence-electron chi connectivity index (χ1n) is 12.6. The number of hydrogen-bond acceptors (Lipinski definition) is 2. The predicted molar refractivity (Wildman–Crippen MR) is 131 cm³/mol. The Hall–Kier alpha value is -2.18. The maximum Gasteiger partial charge on any atom is 0.128 e. The van der Waals surface area contributed by atoms with Gasteiger partial charge in [0.15, 0.2) is 0 Å². The van der Waals surface area contributed by atoms with Crippen LogP contribution in [-0.4, -0.2) is 17.5 Å². The van der Waals surface area contributed by atoms with E-state index in [0.29, 0.717) is 11.6 Å². The molecule has 2 aromatic carbocycles. The lowest BCUT2D eigenvalue weighted by Gasteiger charge is -2.40. The number of rotatable bonds is 11. The van der Waals surface area contributed by atoms with Crippen LogP contribution in [0.3, 0.4) is 0 Å². The smallest absolute Gasteiger partial charge is 0.128 e. The fourth-order valence-electron chi connectivity index (χ4n) is 5.72. The number of nitrogens with zero attached hydrogens (tertiary/aromatic N) is 2. The Morgan fingerprint density at radius 1 is 1.03 bits per heavy atom. The summed E-state index contributed by atoms with van der Waals surface area (Å²) in [6, 6.07) is 20.7. The Morgan fingerprint density at radius 2 is 1.72 bits per heavy atom. The molecule has 0 N–H and O–H groups in total. The molecule has 0 aromatic heterocycles. The molecule has 1 saturated carbocycles. The zero-order chi connectivity index (χ0) is 22.8. The number of nitriles is 1. The van der Waals surface area contributed by atoms with E-state index in [9.17, 15) is 5.26 Å². The summed E-state index contributed by atoms with van der Waals surface area (Å²) < 4.78 is 15.0. The molecular formula is C29H39FN2. The summed E-state index contributed by atoms with van der Waals surface area (Å²) in [4.78, 5) is 2.57. The zero-order valence-electron chi connectivity index (χ0n) is 19.9. The highest BCUT2D eigenvalue weighted by molar-refractivity contribution is 5.35. The van der Waals surface area contributed by atoms with E-state index in [-0.39, 0.29) is 11.7 Å². The van der Waals surface area contributed by atoms with Gasteiger partial charge in [-0.3, -0.25) is 4.90 Å². The van der Waals surface area contributed by atoms with E-state index >= 15 is 4.39 Å². The van der Waals surface area contributed by atoms with Gasteiger partial charge >= 0.3 is 0 Å². The van der Waals surface area contributed by atoms with Crippen LogP contribution in [0.5, 0.6) is 0 Å². The van der Waals surface area contributed by atoms with E-state index in [1.165, 1.54) is 18.1 Å². The minimum absolute atomic E-state index is 0.220. The van der Waals surface area contributed by atoms with Crippen molar-refractivity contribution in [2.45, 2.75) is 89.6 Å². The van der Waals surface area contributed by atoms with E-state index in [2.05, 4.69) is 55.1 Å². The molecule has 172 valence electrons. The molecule has 1 aliphatic carbocycles. The summed E-state index contributed by atoms with van der Waals surface area (Å²) in [6.07, 6.45) is 9.37. The van der Waals surface area contributed by atoms with Gasteiger partial charge in [-0.15, -0.1) is 0 Å². The van der Waals surface area contributed by atoms with E-state index < -0.39 is 5.41 Å². The van der Waals surface area contributed by atoms with Crippen molar-refractivity contribution in [2.24, 2.45) is 5.92 Å². The first kappa shape index (κ1) is 24.5. The molecule has 0 bridgehead atoms. The molecule has 2 nitrogen and oxygen atoms in total. The lowest BCUT2D eigenvalue weighted by atomic mass is 9.63. The summed E-state index contributed by atoms with van der Waals surface area (Å²) >= 11 is 0. The molecule has 0 heterocycles. The SMILES string of the molecule is CCCN(Cc1ccccc1)C(CC)CCC(C#N)(c1ccccc1F)C1CCCCC1. The highest BCUT2D eigenvalue weighted by Gasteiger charge is 2.43. The molecule has 2 unspecified atom stereocenters. The maximum absolute atomic E-state index is 15.0. The summed E-state index contributed by atoms with van der Waals surface area (Å²) in [6.45, 7) is 6.44. The van der Waals surface area contributed by atoms with Crippen molar-refractivity contribution >= 4 is 0 Å². The van der Waals surface area contributed by atoms with Gasteiger partial charge < -0.3 is 0 Å². The van der Waals surface area contributed by atoms with Gasteiger partial charge in [0.1, 0.15) is 5.82 Å². The number of benzene rings is 2.